The van der Waals surface area contributed by atoms with Crippen molar-refractivity contribution in [2.45, 2.75) is 58.9 Å². The molecular formula is C15H30O4Si. The van der Waals surface area contributed by atoms with Crippen molar-refractivity contribution in [3.05, 3.63) is 12.2 Å². The van der Waals surface area contributed by atoms with Crippen LogP contribution in [0.2, 0.25) is 18.1 Å². The predicted octanol–water partition coefficient (Wildman–Crippen LogP) is 3.12. The number of hydrogen-bond acceptors (Lipinski definition) is 4. The molecule has 4 nitrogen and oxygen atoms in total. The lowest BCUT2D eigenvalue weighted by Gasteiger charge is -2.42. The molecule has 0 saturated heterocycles. The minimum atomic E-state index is -1.95. The number of carbonyl (C=O) groups excluding carboxylic acids is 1. The fourth-order valence-electron chi connectivity index (χ4n) is 1.53. The van der Waals surface area contributed by atoms with Crippen molar-refractivity contribution in [3.63, 3.8) is 0 Å². The number of aliphatic hydroxyl groups excluding tert-OH is 1. The summed E-state index contributed by atoms with van der Waals surface area (Å²) in [5, 5.41) is 9.94. The van der Waals surface area contributed by atoms with Gasteiger partial charge in [0, 0.05) is 5.57 Å². The van der Waals surface area contributed by atoms with Gasteiger partial charge in [-0.15, -0.1) is 0 Å². The molecule has 0 aromatic rings. The van der Waals surface area contributed by atoms with Gasteiger partial charge in [0.15, 0.2) is 8.32 Å². The Morgan fingerprint density at radius 3 is 2.20 bits per heavy atom. The molecule has 0 radical (unpaired) electrons. The van der Waals surface area contributed by atoms with Crippen LogP contribution in [0.5, 0.6) is 0 Å². The number of hydrogen-bond donors (Lipinski definition) is 1. The molecule has 0 spiro atoms. The number of ether oxygens (including phenoxy) is 1. The third-order valence-electron chi connectivity index (χ3n) is 4.39. The average Bonchev–Trinajstić information content (AvgIpc) is 2.32. The molecule has 0 aliphatic rings. The van der Waals surface area contributed by atoms with Gasteiger partial charge in [-0.3, -0.25) is 0 Å². The number of carbonyl (C=O) groups is 1. The van der Waals surface area contributed by atoms with E-state index in [4.69, 9.17) is 9.16 Å². The van der Waals surface area contributed by atoms with Crippen molar-refractivity contribution in [1.82, 2.24) is 0 Å². The maximum Gasteiger partial charge on any atom is 0.333 e. The van der Waals surface area contributed by atoms with Crippen molar-refractivity contribution >= 4 is 14.3 Å². The lowest BCUT2D eigenvalue weighted by atomic mass is 9.99. The average molecular weight is 302 g/mol. The molecule has 1 N–H and O–H groups in total. The summed E-state index contributed by atoms with van der Waals surface area (Å²) in [6.45, 7) is 18.3. The quantitative estimate of drug-likeness (QED) is 0.425. The zero-order valence-corrected chi connectivity index (χ0v) is 14.9. The van der Waals surface area contributed by atoms with Crippen molar-refractivity contribution in [2.75, 3.05) is 13.2 Å². The first-order chi connectivity index (χ1) is 8.91. The zero-order valence-electron chi connectivity index (χ0n) is 13.9. The van der Waals surface area contributed by atoms with Crippen LogP contribution in [0, 0.1) is 5.92 Å². The van der Waals surface area contributed by atoms with E-state index in [2.05, 4.69) is 47.4 Å². The van der Waals surface area contributed by atoms with E-state index >= 15 is 0 Å². The minimum absolute atomic E-state index is 0.0573. The lowest BCUT2D eigenvalue weighted by Crippen LogP contribution is -2.47. The van der Waals surface area contributed by atoms with Gasteiger partial charge in [0.1, 0.15) is 12.7 Å². The van der Waals surface area contributed by atoms with Crippen LogP contribution in [-0.4, -0.2) is 38.7 Å². The van der Waals surface area contributed by atoms with Gasteiger partial charge in [0.05, 0.1) is 6.61 Å². The fourth-order valence-corrected chi connectivity index (χ4v) is 3.90. The maximum atomic E-state index is 11.2. The van der Waals surface area contributed by atoms with E-state index in [-0.39, 0.29) is 18.3 Å². The van der Waals surface area contributed by atoms with Crippen molar-refractivity contribution in [1.29, 1.82) is 0 Å². The standard InChI is InChI=1S/C15H30O4Si/c1-11(2)14(17)18-9-13(16)10-19-20(7,8)15(5,6)12(3)4/h12-13,16H,1,9-10H2,2-8H3. The highest BCUT2D eigenvalue weighted by molar-refractivity contribution is 6.74. The Labute approximate surface area is 124 Å². The SMILES string of the molecule is C=C(C)C(=O)OCC(O)CO[Si](C)(C)C(C)(C)C(C)C. The van der Waals surface area contributed by atoms with Gasteiger partial charge in [-0.2, -0.15) is 0 Å². The molecule has 1 unspecified atom stereocenters. The molecule has 0 rings (SSSR count). The molecule has 0 saturated carbocycles. The molecule has 0 aliphatic carbocycles. The van der Waals surface area contributed by atoms with Crippen LogP contribution >= 0.6 is 0 Å². The highest BCUT2D eigenvalue weighted by atomic mass is 28.4. The van der Waals surface area contributed by atoms with Crippen LogP contribution in [-0.2, 0) is 14.0 Å². The highest BCUT2D eigenvalue weighted by Gasteiger charge is 2.43. The van der Waals surface area contributed by atoms with Gasteiger partial charge >= 0.3 is 5.97 Å². The number of esters is 1. The largest absolute Gasteiger partial charge is 0.460 e. The topological polar surface area (TPSA) is 55.8 Å². The molecule has 0 bridgehead atoms. The first-order valence-electron chi connectivity index (χ1n) is 7.06. The lowest BCUT2D eigenvalue weighted by molar-refractivity contribution is -0.142. The summed E-state index contributed by atoms with van der Waals surface area (Å²) in [5.74, 6) is 0.0191. The molecule has 0 heterocycles. The Balaban J connectivity index is 4.33. The summed E-state index contributed by atoms with van der Waals surface area (Å²) in [6.07, 6.45) is -0.798. The van der Waals surface area contributed by atoms with Crippen LogP contribution in [0.1, 0.15) is 34.6 Å². The predicted molar refractivity (Wildman–Crippen MR) is 84.1 cm³/mol. The van der Waals surface area contributed by atoms with Crippen molar-refractivity contribution < 1.29 is 19.1 Å². The molecule has 5 heteroatoms. The monoisotopic (exact) mass is 302 g/mol. The number of rotatable bonds is 8. The van der Waals surface area contributed by atoms with E-state index in [0.717, 1.165) is 0 Å². The summed E-state index contributed by atoms with van der Waals surface area (Å²) < 4.78 is 10.9. The molecule has 0 aliphatic heterocycles. The molecule has 0 aromatic carbocycles. The van der Waals surface area contributed by atoms with Crippen molar-refractivity contribution in [2.24, 2.45) is 5.92 Å². The first-order valence-corrected chi connectivity index (χ1v) is 9.97. The Bertz CT molecular complexity index is 348. The Hall–Kier alpha value is -0.653. The van der Waals surface area contributed by atoms with E-state index in [1.165, 1.54) is 0 Å². The molecule has 0 amide bonds. The number of aliphatic hydroxyl groups is 1. The van der Waals surface area contributed by atoms with Crippen LogP contribution < -0.4 is 0 Å². The van der Waals surface area contributed by atoms with Crippen LogP contribution in [0.15, 0.2) is 12.2 Å². The summed E-state index contributed by atoms with van der Waals surface area (Å²) in [5.41, 5.74) is 0.328. The fraction of sp³-hybridized carbons (Fsp3) is 0.800. The Kier molecular flexibility index (Phi) is 7.14. The van der Waals surface area contributed by atoms with Crippen molar-refractivity contribution in [3.8, 4) is 0 Å². The van der Waals surface area contributed by atoms with Gasteiger partial charge in [-0.1, -0.05) is 34.3 Å². The Morgan fingerprint density at radius 2 is 1.80 bits per heavy atom. The third kappa shape index (κ3) is 5.38. The minimum Gasteiger partial charge on any atom is -0.460 e. The second-order valence-corrected chi connectivity index (χ2v) is 11.3. The first kappa shape index (κ1) is 19.3. The second-order valence-electron chi connectivity index (χ2n) is 6.73. The molecule has 118 valence electrons. The van der Waals surface area contributed by atoms with Crippen LogP contribution in [0.25, 0.3) is 0 Å². The molecular weight excluding hydrogens is 272 g/mol. The van der Waals surface area contributed by atoms with E-state index in [1.807, 2.05) is 0 Å². The van der Waals surface area contributed by atoms with Gasteiger partial charge < -0.3 is 14.3 Å². The summed E-state index contributed by atoms with van der Waals surface area (Å²) in [4.78, 5) is 11.2. The van der Waals surface area contributed by atoms with E-state index < -0.39 is 20.4 Å². The summed E-state index contributed by atoms with van der Waals surface area (Å²) in [7, 11) is -1.95. The summed E-state index contributed by atoms with van der Waals surface area (Å²) in [6, 6.07) is 0. The van der Waals surface area contributed by atoms with E-state index in [1.54, 1.807) is 6.92 Å². The maximum absolute atomic E-state index is 11.2. The van der Waals surface area contributed by atoms with Gasteiger partial charge in [0.25, 0.3) is 0 Å². The molecule has 1 atom stereocenters. The van der Waals surface area contributed by atoms with Gasteiger partial charge in [-0.25, -0.2) is 4.79 Å². The van der Waals surface area contributed by atoms with E-state index in [0.29, 0.717) is 11.5 Å². The summed E-state index contributed by atoms with van der Waals surface area (Å²) >= 11 is 0. The second kappa shape index (κ2) is 7.38. The van der Waals surface area contributed by atoms with Gasteiger partial charge in [0.2, 0.25) is 0 Å². The van der Waals surface area contributed by atoms with Gasteiger partial charge in [-0.05, 0) is 31.0 Å². The highest BCUT2D eigenvalue weighted by Crippen LogP contribution is 2.44. The molecule has 20 heavy (non-hydrogen) atoms. The van der Waals surface area contributed by atoms with Crippen LogP contribution in [0.4, 0.5) is 0 Å². The third-order valence-corrected chi connectivity index (χ3v) is 8.96. The normalized spacial score (nSPS) is 14.2. The Morgan fingerprint density at radius 1 is 1.30 bits per heavy atom. The van der Waals surface area contributed by atoms with E-state index in [9.17, 15) is 9.90 Å². The molecule has 0 aromatic heterocycles. The van der Waals surface area contributed by atoms with Crippen LogP contribution in [0.3, 0.4) is 0 Å². The molecule has 0 fully saturated rings. The zero-order chi connectivity index (χ0) is 16.1. The smallest absolute Gasteiger partial charge is 0.333 e.